The molecule has 1 unspecified atom stereocenters. The molecule has 1 saturated heterocycles. The first-order valence-electron chi connectivity index (χ1n) is 5.87. The van der Waals surface area contributed by atoms with Gasteiger partial charge in [-0.15, -0.1) is 0 Å². The number of thioether (sulfide) groups is 1. The molecular formula is C13H17F2NS. The maximum Gasteiger partial charge on any atom is 0.126 e. The lowest BCUT2D eigenvalue weighted by atomic mass is 10.1. The van der Waals surface area contributed by atoms with Crippen LogP contribution in [-0.2, 0) is 6.54 Å². The molecule has 0 spiro atoms. The molecule has 1 aliphatic rings. The maximum atomic E-state index is 13.0. The Kier molecular flexibility index (Phi) is 4.05. The molecule has 0 bridgehead atoms. The fraction of sp³-hybridized carbons (Fsp3) is 0.538. The summed E-state index contributed by atoms with van der Waals surface area (Å²) in [5.41, 5.74) is 0.661. The molecule has 1 nitrogen and oxygen atoms in total. The number of nitrogens with one attached hydrogen (secondary N) is 1. The Hall–Kier alpha value is -0.610. The minimum absolute atomic E-state index is 0.284. The van der Waals surface area contributed by atoms with Gasteiger partial charge in [0, 0.05) is 23.9 Å². The molecule has 0 saturated carbocycles. The van der Waals surface area contributed by atoms with E-state index in [0.717, 1.165) is 12.6 Å². The molecule has 4 heteroatoms. The SMILES string of the molecule is CC1(CNCc2cc(F)cc(F)c2)CCCS1. The van der Waals surface area contributed by atoms with Gasteiger partial charge in [-0.2, -0.15) is 11.8 Å². The summed E-state index contributed by atoms with van der Waals surface area (Å²) in [4.78, 5) is 0. The quantitative estimate of drug-likeness (QED) is 0.888. The minimum Gasteiger partial charge on any atom is -0.311 e. The van der Waals surface area contributed by atoms with Crippen molar-refractivity contribution in [1.82, 2.24) is 5.32 Å². The van der Waals surface area contributed by atoms with Gasteiger partial charge in [0.2, 0.25) is 0 Å². The maximum absolute atomic E-state index is 13.0. The van der Waals surface area contributed by atoms with Crippen LogP contribution in [0.2, 0.25) is 0 Å². The van der Waals surface area contributed by atoms with Crippen molar-refractivity contribution >= 4 is 11.8 Å². The molecule has 0 radical (unpaired) electrons. The smallest absolute Gasteiger partial charge is 0.126 e. The van der Waals surface area contributed by atoms with Crippen molar-refractivity contribution in [3.8, 4) is 0 Å². The van der Waals surface area contributed by atoms with E-state index < -0.39 is 11.6 Å². The third-order valence-electron chi connectivity index (χ3n) is 3.05. The van der Waals surface area contributed by atoms with Crippen LogP contribution in [0.4, 0.5) is 8.78 Å². The highest BCUT2D eigenvalue weighted by molar-refractivity contribution is 8.00. The summed E-state index contributed by atoms with van der Waals surface area (Å²) < 4.78 is 26.2. The van der Waals surface area contributed by atoms with E-state index in [1.165, 1.54) is 30.7 Å². The molecule has 2 rings (SSSR count). The molecule has 1 aromatic rings. The highest BCUT2D eigenvalue weighted by Crippen LogP contribution is 2.36. The van der Waals surface area contributed by atoms with E-state index in [1.807, 2.05) is 11.8 Å². The van der Waals surface area contributed by atoms with Gasteiger partial charge in [-0.05, 0) is 43.2 Å². The molecular weight excluding hydrogens is 240 g/mol. The molecule has 1 fully saturated rings. The monoisotopic (exact) mass is 257 g/mol. The zero-order chi connectivity index (χ0) is 12.3. The van der Waals surface area contributed by atoms with Gasteiger partial charge < -0.3 is 5.32 Å². The van der Waals surface area contributed by atoms with Gasteiger partial charge in [-0.1, -0.05) is 0 Å². The summed E-state index contributed by atoms with van der Waals surface area (Å²) in [5.74, 6) is 0.193. The van der Waals surface area contributed by atoms with Gasteiger partial charge in [-0.3, -0.25) is 0 Å². The van der Waals surface area contributed by atoms with Crippen LogP contribution in [0.25, 0.3) is 0 Å². The fourth-order valence-corrected chi connectivity index (χ4v) is 3.43. The fourth-order valence-electron chi connectivity index (χ4n) is 2.16. The summed E-state index contributed by atoms with van der Waals surface area (Å²) in [6, 6.07) is 3.65. The normalized spacial score (nSPS) is 24.2. The summed E-state index contributed by atoms with van der Waals surface area (Å²) >= 11 is 1.98. The van der Waals surface area contributed by atoms with Crippen LogP contribution in [-0.4, -0.2) is 17.0 Å². The van der Waals surface area contributed by atoms with Crippen LogP contribution in [0.1, 0.15) is 25.3 Å². The van der Waals surface area contributed by atoms with Gasteiger partial charge in [0.15, 0.2) is 0 Å². The molecule has 1 atom stereocenters. The van der Waals surface area contributed by atoms with E-state index >= 15 is 0 Å². The molecule has 0 aromatic heterocycles. The van der Waals surface area contributed by atoms with E-state index in [0.29, 0.717) is 12.1 Å². The molecule has 17 heavy (non-hydrogen) atoms. The number of halogens is 2. The second kappa shape index (κ2) is 5.36. The lowest BCUT2D eigenvalue weighted by molar-refractivity contribution is 0.532. The van der Waals surface area contributed by atoms with E-state index in [9.17, 15) is 8.78 Å². The topological polar surface area (TPSA) is 12.0 Å². The Balaban J connectivity index is 1.85. The molecule has 1 aromatic carbocycles. The molecule has 0 aliphatic carbocycles. The van der Waals surface area contributed by atoms with Crippen molar-refractivity contribution < 1.29 is 8.78 Å². The van der Waals surface area contributed by atoms with Crippen LogP contribution in [0, 0.1) is 11.6 Å². The predicted molar refractivity (Wildman–Crippen MR) is 68.2 cm³/mol. The average molecular weight is 257 g/mol. The Morgan fingerprint density at radius 1 is 1.29 bits per heavy atom. The van der Waals surface area contributed by atoms with E-state index in [-0.39, 0.29) is 4.75 Å². The van der Waals surface area contributed by atoms with Crippen LogP contribution in [0.5, 0.6) is 0 Å². The third kappa shape index (κ3) is 3.68. The average Bonchev–Trinajstić information content (AvgIpc) is 2.64. The Morgan fingerprint density at radius 2 is 2.00 bits per heavy atom. The summed E-state index contributed by atoms with van der Waals surface area (Å²) in [5, 5.41) is 3.28. The minimum atomic E-state index is -0.511. The molecule has 94 valence electrons. The lowest BCUT2D eigenvalue weighted by Crippen LogP contribution is -2.32. The first-order valence-corrected chi connectivity index (χ1v) is 6.86. The second-order valence-electron chi connectivity index (χ2n) is 4.78. The Labute approximate surface area is 105 Å². The molecule has 1 heterocycles. The van der Waals surface area contributed by atoms with Crippen molar-refractivity contribution in [2.75, 3.05) is 12.3 Å². The predicted octanol–water partition coefficient (Wildman–Crippen LogP) is 3.34. The number of hydrogen-bond donors (Lipinski definition) is 1. The van der Waals surface area contributed by atoms with Crippen molar-refractivity contribution in [2.24, 2.45) is 0 Å². The van der Waals surface area contributed by atoms with Crippen molar-refractivity contribution in [3.05, 3.63) is 35.4 Å². The highest BCUT2D eigenvalue weighted by Gasteiger charge is 2.28. The van der Waals surface area contributed by atoms with Gasteiger partial charge >= 0.3 is 0 Å². The molecule has 0 amide bonds. The van der Waals surface area contributed by atoms with Gasteiger partial charge in [-0.25, -0.2) is 8.78 Å². The standard InChI is InChI=1S/C13H17F2NS/c1-13(3-2-4-17-13)9-16-8-10-5-11(14)7-12(15)6-10/h5-7,16H,2-4,8-9H2,1H3. The number of hydrogen-bond acceptors (Lipinski definition) is 2. The molecule has 1 aliphatic heterocycles. The van der Waals surface area contributed by atoms with E-state index in [1.54, 1.807) is 0 Å². The summed E-state index contributed by atoms with van der Waals surface area (Å²) in [6.07, 6.45) is 2.47. The van der Waals surface area contributed by atoms with Crippen molar-refractivity contribution in [1.29, 1.82) is 0 Å². The first-order chi connectivity index (χ1) is 8.07. The highest BCUT2D eigenvalue weighted by atomic mass is 32.2. The third-order valence-corrected chi connectivity index (χ3v) is 4.59. The first kappa shape index (κ1) is 12.8. The summed E-state index contributed by atoms with van der Waals surface area (Å²) in [6.45, 7) is 3.64. The largest absolute Gasteiger partial charge is 0.311 e. The molecule has 1 N–H and O–H groups in total. The zero-order valence-electron chi connectivity index (χ0n) is 9.93. The zero-order valence-corrected chi connectivity index (χ0v) is 10.7. The van der Waals surface area contributed by atoms with Crippen molar-refractivity contribution in [3.63, 3.8) is 0 Å². The Morgan fingerprint density at radius 3 is 2.59 bits per heavy atom. The number of rotatable bonds is 4. The van der Waals surface area contributed by atoms with E-state index in [4.69, 9.17) is 0 Å². The summed E-state index contributed by atoms with van der Waals surface area (Å²) in [7, 11) is 0. The van der Waals surface area contributed by atoms with Gasteiger partial charge in [0.1, 0.15) is 11.6 Å². The van der Waals surface area contributed by atoms with Gasteiger partial charge in [0.25, 0.3) is 0 Å². The van der Waals surface area contributed by atoms with Crippen LogP contribution < -0.4 is 5.32 Å². The van der Waals surface area contributed by atoms with E-state index in [2.05, 4.69) is 12.2 Å². The Bertz CT molecular complexity index is 369. The lowest BCUT2D eigenvalue weighted by Gasteiger charge is -2.23. The van der Waals surface area contributed by atoms with Gasteiger partial charge in [0.05, 0.1) is 0 Å². The number of benzene rings is 1. The second-order valence-corrected chi connectivity index (χ2v) is 6.47. The van der Waals surface area contributed by atoms with Crippen LogP contribution in [0.15, 0.2) is 18.2 Å². The van der Waals surface area contributed by atoms with Crippen LogP contribution in [0.3, 0.4) is 0 Å². The van der Waals surface area contributed by atoms with Crippen molar-refractivity contribution in [2.45, 2.75) is 31.1 Å². The van der Waals surface area contributed by atoms with Crippen LogP contribution >= 0.6 is 11.8 Å².